The Hall–Kier alpha value is -2.15. The highest BCUT2D eigenvalue weighted by atomic mass is 16.1. The van der Waals surface area contributed by atoms with Crippen molar-refractivity contribution in [3.8, 4) is 0 Å². The van der Waals surface area contributed by atoms with Gasteiger partial charge in [0.25, 0.3) is 0 Å². The van der Waals surface area contributed by atoms with E-state index in [4.69, 9.17) is 0 Å². The maximum absolute atomic E-state index is 10.3. The van der Waals surface area contributed by atoms with Crippen molar-refractivity contribution in [2.24, 2.45) is 0 Å². The molecule has 0 atom stereocenters. The van der Waals surface area contributed by atoms with Crippen molar-refractivity contribution >= 4 is 12.4 Å². The van der Waals surface area contributed by atoms with Crippen molar-refractivity contribution < 1.29 is 4.79 Å². The minimum absolute atomic E-state index is 0.805. The first-order valence-corrected chi connectivity index (χ1v) is 7.17. The molecule has 0 spiro atoms. The van der Waals surface area contributed by atoms with E-state index in [1.165, 1.54) is 27.8 Å². The number of carbonyl (C=O) groups is 1. The second kappa shape index (κ2) is 8.21. The number of allylic oxidation sites excluding steroid dienone is 7. The SMILES string of the molecule is CC(/C=C/C=C(C)/C=C/c1c(C)ccc(C)c1C)=C\C=O. The van der Waals surface area contributed by atoms with Gasteiger partial charge < -0.3 is 0 Å². The minimum atomic E-state index is 0.805. The normalized spacial score (nSPS) is 13.4. The number of aldehydes is 1. The number of aryl methyl sites for hydroxylation is 2. The van der Waals surface area contributed by atoms with Gasteiger partial charge in [-0.05, 0) is 68.5 Å². The zero-order chi connectivity index (χ0) is 15.8. The van der Waals surface area contributed by atoms with Crippen LogP contribution in [0.15, 0.2) is 53.7 Å². The standard InChI is InChI=1S/C20H24O/c1-15(7-6-8-16(2)13-14-21)9-12-20-18(4)11-10-17(3)19(20)5/h6-14H,1-5H3/b8-6+,12-9+,15-7+,16-13+. The Morgan fingerprint density at radius 2 is 1.52 bits per heavy atom. The van der Waals surface area contributed by atoms with Crippen LogP contribution in [0.25, 0.3) is 6.08 Å². The van der Waals surface area contributed by atoms with Crippen molar-refractivity contribution in [3.63, 3.8) is 0 Å². The number of benzene rings is 1. The molecule has 0 heterocycles. The average Bonchev–Trinajstić information content (AvgIpc) is 2.43. The summed E-state index contributed by atoms with van der Waals surface area (Å²) in [6.45, 7) is 10.4. The van der Waals surface area contributed by atoms with E-state index < -0.39 is 0 Å². The maximum atomic E-state index is 10.3. The molecule has 0 fully saturated rings. The third-order valence-corrected chi connectivity index (χ3v) is 3.57. The zero-order valence-electron chi connectivity index (χ0n) is 13.6. The monoisotopic (exact) mass is 280 g/mol. The Balaban J connectivity index is 2.88. The van der Waals surface area contributed by atoms with Crippen LogP contribution in [-0.4, -0.2) is 6.29 Å². The number of rotatable bonds is 5. The lowest BCUT2D eigenvalue weighted by atomic mass is 9.97. The van der Waals surface area contributed by atoms with Crippen LogP contribution in [0.4, 0.5) is 0 Å². The second-order valence-electron chi connectivity index (χ2n) is 5.39. The molecule has 0 saturated carbocycles. The molecule has 1 aromatic carbocycles. The van der Waals surface area contributed by atoms with Gasteiger partial charge >= 0.3 is 0 Å². The van der Waals surface area contributed by atoms with Crippen molar-refractivity contribution in [1.29, 1.82) is 0 Å². The van der Waals surface area contributed by atoms with Crippen LogP contribution in [-0.2, 0) is 4.79 Å². The summed E-state index contributed by atoms with van der Waals surface area (Å²) in [6.07, 6.45) is 12.6. The Kier molecular flexibility index (Phi) is 6.61. The van der Waals surface area contributed by atoms with Crippen LogP contribution in [0.5, 0.6) is 0 Å². The van der Waals surface area contributed by atoms with Gasteiger partial charge in [-0.1, -0.05) is 48.1 Å². The summed E-state index contributed by atoms with van der Waals surface area (Å²) in [7, 11) is 0. The summed E-state index contributed by atoms with van der Waals surface area (Å²) in [5.41, 5.74) is 7.36. The minimum Gasteiger partial charge on any atom is -0.299 e. The van der Waals surface area contributed by atoms with Gasteiger partial charge in [0.1, 0.15) is 6.29 Å². The van der Waals surface area contributed by atoms with Gasteiger partial charge in [-0.3, -0.25) is 4.79 Å². The molecule has 0 N–H and O–H groups in total. The van der Waals surface area contributed by atoms with Crippen molar-refractivity contribution in [2.45, 2.75) is 34.6 Å². The Morgan fingerprint density at radius 1 is 0.905 bits per heavy atom. The third-order valence-electron chi connectivity index (χ3n) is 3.57. The summed E-state index contributed by atoms with van der Waals surface area (Å²) in [6, 6.07) is 4.32. The average molecular weight is 280 g/mol. The van der Waals surface area contributed by atoms with E-state index in [0.29, 0.717) is 0 Å². The highest BCUT2D eigenvalue weighted by Gasteiger charge is 2.01. The molecule has 1 heteroatoms. The largest absolute Gasteiger partial charge is 0.299 e. The van der Waals surface area contributed by atoms with E-state index in [1.807, 2.05) is 25.2 Å². The Bertz CT molecular complexity index is 625. The molecular formula is C20H24O. The van der Waals surface area contributed by atoms with Crippen molar-refractivity contribution in [1.82, 2.24) is 0 Å². The van der Waals surface area contributed by atoms with E-state index in [0.717, 1.165) is 11.9 Å². The molecule has 0 radical (unpaired) electrons. The molecule has 0 saturated heterocycles. The first-order valence-electron chi connectivity index (χ1n) is 7.17. The highest BCUT2D eigenvalue weighted by molar-refractivity contribution is 5.67. The topological polar surface area (TPSA) is 17.1 Å². The Morgan fingerprint density at radius 3 is 2.19 bits per heavy atom. The predicted molar refractivity (Wildman–Crippen MR) is 92.4 cm³/mol. The summed E-state index contributed by atoms with van der Waals surface area (Å²) >= 11 is 0. The first-order chi connectivity index (χ1) is 9.95. The maximum Gasteiger partial charge on any atom is 0.143 e. The smallest absolute Gasteiger partial charge is 0.143 e. The van der Waals surface area contributed by atoms with Gasteiger partial charge in [0.05, 0.1) is 0 Å². The fourth-order valence-electron chi connectivity index (χ4n) is 2.01. The summed E-state index contributed by atoms with van der Waals surface area (Å²) < 4.78 is 0. The van der Waals surface area contributed by atoms with Crippen molar-refractivity contribution in [3.05, 3.63) is 75.9 Å². The molecule has 0 aliphatic carbocycles. The van der Waals surface area contributed by atoms with Gasteiger partial charge in [-0.15, -0.1) is 0 Å². The lowest BCUT2D eigenvalue weighted by Gasteiger charge is -2.08. The molecule has 0 bridgehead atoms. The fourth-order valence-corrected chi connectivity index (χ4v) is 2.01. The quantitative estimate of drug-likeness (QED) is 0.408. The molecule has 0 aliphatic heterocycles. The highest BCUT2D eigenvalue weighted by Crippen LogP contribution is 2.19. The molecule has 0 aromatic heterocycles. The first kappa shape index (κ1) is 16.9. The fraction of sp³-hybridized carbons (Fsp3) is 0.250. The molecule has 0 aliphatic rings. The molecular weight excluding hydrogens is 256 g/mol. The summed E-state index contributed by atoms with van der Waals surface area (Å²) in [5, 5.41) is 0. The van der Waals surface area contributed by atoms with E-state index in [-0.39, 0.29) is 0 Å². The molecule has 0 amide bonds. The van der Waals surface area contributed by atoms with Crippen LogP contribution in [0.3, 0.4) is 0 Å². The van der Waals surface area contributed by atoms with Gasteiger partial charge in [0.15, 0.2) is 0 Å². The van der Waals surface area contributed by atoms with Gasteiger partial charge in [0, 0.05) is 0 Å². The number of hydrogen-bond acceptors (Lipinski definition) is 1. The van der Waals surface area contributed by atoms with Gasteiger partial charge in [0.2, 0.25) is 0 Å². The van der Waals surface area contributed by atoms with Crippen LogP contribution in [0.2, 0.25) is 0 Å². The van der Waals surface area contributed by atoms with E-state index in [2.05, 4.69) is 52.0 Å². The van der Waals surface area contributed by atoms with Crippen LogP contribution in [0, 0.1) is 20.8 Å². The second-order valence-corrected chi connectivity index (χ2v) is 5.39. The van der Waals surface area contributed by atoms with Crippen LogP contribution >= 0.6 is 0 Å². The molecule has 1 rings (SSSR count). The van der Waals surface area contributed by atoms with Crippen molar-refractivity contribution in [2.75, 3.05) is 0 Å². The molecule has 1 aromatic rings. The van der Waals surface area contributed by atoms with E-state index >= 15 is 0 Å². The zero-order valence-corrected chi connectivity index (χ0v) is 13.6. The van der Waals surface area contributed by atoms with E-state index in [1.54, 1.807) is 6.08 Å². The van der Waals surface area contributed by atoms with Crippen LogP contribution < -0.4 is 0 Å². The summed E-state index contributed by atoms with van der Waals surface area (Å²) in [5.74, 6) is 0. The summed E-state index contributed by atoms with van der Waals surface area (Å²) in [4.78, 5) is 10.3. The van der Waals surface area contributed by atoms with E-state index in [9.17, 15) is 4.79 Å². The number of carbonyl (C=O) groups excluding carboxylic acids is 1. The van der Waals surface area contributed by atoms with Gasteiger partial charge in [-0.25, -0.2) is 0 Å². The Labute approximate surface area is 128 Å². The number of hydrogen-bond donors (Lipinski definition) is 0. The molecule has 1 nitrogen and oxygen atoms in total. The molecule has 21 heavy (non-hydrogen) atoms. The lowest BCUT2D eigenvalue weighted by molar-refractivity contribution is -0.104. The van der Waals surface area contributed by atoms with Crippen LogP contribution in [0.1, 0.15) is 36.1 Å². The molecule has 110 valence electrons. The molecule has 0 unspecified atom stereocenters. The third kappa shape index (κ3) is 5.39. The lowest BCUT2D eigenvalue weighted by Crippen LogP contribution is -1.89. The van der Waals surface area contributed by atoms with Gasteiger partial charge in [-0.2, -0.15) is 0 Å². The predicted octanol–water partition coefficient (Wildman–Crippen LogP) is 5.27.